The molecule has 0 spiro atoms. The van der Waals surface area contributed by atoms with Crippen molar-refractivity contribution in [3.05, 3.63) is 21.4 Å². The van der Waals surface area contributed by atoms with Crippen molar-refractivity contribution >= 4 is 39.8 Å². The van der Waals surface area contributed by atoms with E-state index < -0.39 is 6.23 Å². The number of rotatable bonds is 8. The van der Waals surface area contributed by atoms with Crippen LogP contribution in [0.3, 0.4) is 0 Å². The Hall–Kier alpha value is -2.20. The van der Waals surface area contributed by atoms with Crippen molar-refractivity contribution in [2.75, 3.05) is 25.1 Å². The number of methoxy groups -OCH3 is 1. The van der Waals surface area contributed by atoms with E-state index in [0.29, 0.717) is 36.3 Å². The Morgan fingerprint density at radius 1 is 1.36 bits per heavy atom. The number of carbonyl (C=O) groups is 2. The second kappa shape index (κ2) is 8.87. The second-order valence-corrected chi connectivity index (χ2v) is 8.39. The minimum Gasteiger partial charge on any atom is -0.472 e. The summed E-state index contributed by atoms with van der Waals surface area (Å²) in [5.74, 6) is -0.317. The lowest BCUT2D eigenvalue weighted by molar-refractivity contribution is -0.148. The summed E-state index contributed by atoms with van der Waals surface area (Å²) in [6, 6.07) is -0.246. The average Bonchev–Trinajstić information content (AvgIpc) is 3.35. The van der Waals surface area contributed by atoms with Crippen LogP contribution < -0.4 is 9.64 Å². The predicted molar refractivity (Wildman–Crippen MR) is 108 cm³/mol. The highest BCUT2D eigenvalue weighted by Gasteiger charge is 2.42. The summed E-state index contributed by atoms with van der Waals surface area (Å²) in [4.78, 5) is 29.3. The van der Waals surface area contributed by atoms with E-state index in [1.807, 2.05) is 6.92 Å². The van der Waals surface area contributed by atoms with E-state index in [0.717, 1.165) is 17.8 Å². The first-order valence-corrected chi connectivity index (χ1v) is 10.8. The largest absolute Gasteiger partial charge is 0.472 e. The Morgan fingerprint density at radius 3 is 2.75 bits per heavy atom. The van der Waals surface area contributed by atoms with E-state index in [9.17, 15) is 9.59 Å². The first kappa shape index (κ1) is 20.5. The van der Waals surface area contributed by atoms with E-state index in [-0.39, 0.29) is 12.0 Å². The molecule has 2 amide bonds. The van der Waals surface area contributed by atoms with Gasteiger partial charge in [-0.3, -0.25) is 4.79 Å². The van der Waals surface area contributed by atoms with Crippen LogP contribution in [0.1, 0.15) is 35.8 Å². The topological polar surface area (TPSA) is 84.9 Å². The molecular weight excluding hydrogens is 400 g/mol. The fourth-order valence-electron chi connectivity index (χ4n) is 2.97. The first-order chi connectivity index (χ1) is 13.4. The van der Waals surface area contributed by atoms with E-state index in [4.69, 9.17) is 9.47 Å². The van der Waals surface area contributed by atoms with Crippen molar-refractivity contribution in [2.24, 2.45) is 0 Å². The Bertz CT molecular complexity index is 851. The van der Waals surface area contributed by atoms with Crippen molar-refractivity contribution in [2.45, 2.75) is 46.3 Å². The van der Waals surface area contributed by atoms with Crippen molar-refractivity contribution in [3.8, 4) is 5.19 Å². The lowest BCUT2D eigenvalue weighted by Crippen LogP contribution is -2.37. The average molecular weight is 425 g/mol. The molecule has 0 aliphatic carbocycles. The van der Waals surface area contributed by atoms with Gasteiger partial charge in [-0.1, -0.05) is 5.10 Å². The quantitative estimate of drug-likeness (QED) is 0.604. The molecule has 3 rings (SSSR count). The molecule has 8 nitrogen and oxygen atoms in total. The number of thiophene rings is 1. The predicted octanol–water partition coefficient (Wildman–Crippen LogP) is 3.38. The molecule has 1 unspecified atom stereocenters. The van der Waals surface area contributed by atoms with Gasteiger partial charge in [0.05, 0.1) is 13.7 Å². The van der Waals surface area contributed by atoms with E-state index in [2.05, 4.69) is 29.4 Å². The zero-order chi connectivity index (χ0) is 20.3. The summed E-state index contributed by atoms with van der Waals surface area (Å²) in [5.41, 5.74) is 2.59. The maximum Gasteiger partial charge on any atom is 0.329 e. The summed E-state index contributed by atoms with van der Waals surface area (Å²) in [6.07, 6.45) is 1.16. The third kappa shape index (κ3) is 4.27. The number of anilines is 1. The SMILES string of the molecule is CCN1CC(OC(=O)CCCc2scc(C)c2C)N(c2nnc(OC)s2)C1=O. The molecule has 2 aromatic rings. The Balaban J connectivity index is 1.60. The Morgan fingerprint density at radius 2 is 2.14 bits per heavy atom. The van der Waals surface area contributed by atoms with Gasteiger partial charge in [0.2, 0.25) is 11.4 Å². The summed E-state index contributed by atoms with van der Waals surface area (Å²) in [7, 11) is 1.49. The van der Waals surface area contributed by atoms with Gasteiger partial charge >= 0.3 is 12.0 Å². The maximum absolute atomic E-state index is 12.6. The van der Waals surface area contributed by atoms with Crippen LogP contribution in [0.4, 0.5) is 9.93 Å². The number of hydrogen-bond acceptors (Lipinski definition) is 8. The molecule has 0 aromatic carbocycles. The van der Waals surface area contributed by atoms with Crippen molar-refractivity contribution < 1.29 is 19.1 Å². The summed E-state index contributed by atoms with van der Waals surface area (Å²) >= 11 is 2.87. The van der Waals surface area contributed by atoms with Gasteiger partial charge in [0.25, 0.3) is 5.19 Å². The Kier molecular flexibility index (Phi) is 6.50. The number of carbonyl (C=O) groups excluding carboxylic acids is 2. The highest BCUT2D eigenvalue weighted by atomic mass is 32.1. The molecule has 1 aliphatic heterocycles. The van der Waals surface area contributed by atoms with Crippen LogP contribution in [0.2, 0.25) is 0 Å². The number of ether oxygens (including phenoxy) is 2. The number of nitrogens with zero attached hydrogens (tertiary/aromatic N) is 4. The monoisotopic (exact) mass is 424 g/mol. The molecule has 0 saturated carbocycles. The third-order valence-electron chi connectivity index (χ3n) is 4.74. The van der Waals surface area contributed by atoms with E-state index in [1.54, 1.807) is 16.2 Å². The van der Waals surface area contributed by atoms with Crippen molar-refractivity contribution in [1.82, 2.24) is 15.1 Å². The second-order valence-electron chi connectivity index (χ2n) is 6.51. The van der Waals surface area contributed by atoms with Crippen LogP contribution in [0.5, 0.6) is 5.19 Å². The van der Waals surface area contributed by atoms with Crippen molar-refractivity contribution in [1.29, 1.82) is 0 Å². The minimum atomic E-state index is -0.705. The summed E-state index contributed by atoms with van der Waals surface area (Å²) in [5, 5.41) is 10.7. The van der Waals surface area contributed by atoms with Gasteiger partial charge in [-0.25, -0.2) is 9.69 Å². The van der Waals surface area contributed by atoms with Crippen molar-refractivity contribution in [3.63, 3.8) is 0 Å². The summed E-state index contributed by atoms with van der Waals surface area (Å²) < 4.78 is 10.7. The highest BCUT2D eigenvalue weighted by Crippen LogP contribution is 2.31. The molecule has 1 atom stereocenters. The molecule has 1 saturated heterocycles. The summed E-state index contributed by atoms with van der Waals surface area (Å²) in [6.45, 7) is 6.92. The van der Waals surface area contributed by atoms with Gasteiger partial charge in [0.15, 0.2) is 0 Å². The molecule has 1 aliphatic rings. The van der Waals surface area contributed by atoms with Crippen LogP contribution in [-0.4, -0.2) is 53.5 Å². The van der Waals surface area contributed by atoms with E-state index >= 15 is 0 Å². The van der Waals surface area contributed by atoms with Crippen LogP contribution in [0, 0.1) is 13.8 Å². The smallest absolute Gasteiger partial charge is 0.329 e. The van der Waals surface area contributed by atoms with Crippen LogP contribution in [0.15, 0.2) is 5.38 Å². The molecule has 28 heavy (non-hydrogen) atoms. The Labute approximate surface area is 172 Å². The highest BCUT2D eigenvalue weighted by molar-refractivity contribution is 7.17. The molecule has 3 heterocycles. The molecule has 1 fully saturated rings. The molecule has 152 valence electrons. The minimum absolute atomic E-state index is 0.246. The van der Waals surface area contributed by atoms with Gasteiger partial charge in [-0.05, 0) is 61.5 Å². The number of amides is 2. The molecule has 10 heteroatoms. The lowest BCUT2D eigenvalue weighted by atomic mass is 10.1. The number of urea groups is 1. The number of esters is 1. The number of hydrogen-bond donors (Lipinski definition) is 0. The first-order valence-electron chi connectivity index (χ1n) is 9.13. The van der Waals surface area contributed by atoms with Gasteiger partial charge in [0, 0.05) is 17.8 Å². The normalized spacial score (nSPS) is 16.7. The maximum atomic E-state index is 12.6. The van der Waals surface area contributed by atoms with Gasteiger partial charge in [-0.15, -0.1) is 16.4 Å². The standard InChI is InChI=1S/C18H24N4O4S2/c1-5-21-9-14(22(18(21)24)16-19-20-17(25-4)28-16)26-15(23)8-6-7-13-12(3)11(2)10-27-13/h10,14H,5-9H2,1-4H3. The molecular formula is C18H24N4O4S2. The van der Waals surface area contributed by atoms with Gasteiger partial charge in [-0.2, -0.15) is 0 Å². The number of aryl methyl sites for hydroxylation is 2. The van der Waals surface area contributed by atoms with Crippen LogP contribution in [-0.2, 0) is 16.0 Å². The van der Waals surface area contributed by atoms with Gasteiger partial charge < -0.3 is 14.4 Å². The number of likely N-dealkylation sites (N-methyl/N-ethyl adjacent to an activating group) is 1. The molecule has 0 radical (unpaired) electrons. The molecule has 2 aromatic heterocycles. The fraction of sp³-hybridized carbons (Fsp3) is 0.556. The molecule has 0 N–H and O–H groups in total. The van der Waals surface area contributed by atoms with E-state index in [1.165, 1.54) is 28.0 Å². The zero-order valence-corrected chi connectivity index (χ0v) is 18.1. The molecule has 0 bridgehead atoms. The van der Waals surface area contributed by atoms with Gasteiger partial charge in [0.1, 0.15) is 0 Å². The zero-order valence-electron chi connectivity index (χ0n) is 16.4. The van der Waals surface area contributed by atoms with Crippen LogP contribution >= 0.6 is 22.7 Å². The number of aromatic nitrogens is 2. The third-order valence-corrected chi connectivity index (χ3v) is 6.89. The van der Waals surface area contributed by atoms with Crippen LogP contribution in [0.25, 0.3) is 0 Å². The lowest BCUT2D eigenvalue weighted by Gasteiger charge is -2.19. The fourth-order valence-corrected chi connectivity index (χ4v) is 4.76.